The molecule has 1 atom stereocenters. The largest absolute Gasteiger partial charge is 0.309 e. The fourth-order valence-electron chi connectivity index (χ4n) is 3.24. The molecule has 0 aromatic carbocycles. The maximum atomic E-state index is 4.33. The molecule has 3 heteroatoms. The molecule has 1 N–H and O–H groups in total. The van der Waals surface area contributed by atoms with Gasteiger partial charge in [-0.15, -0.1) is 0 Å². The second-order valence-corrected chi connectivity index (χ2v) is 5.52. The minimum atomic E-state index is 0.487. The van der Waals surface area contributed by atoms with Gasteiger partial charge in [0, 0.05) is 13.2 Å². The molecule has 1 aliphatic rings. The average molecular weight is 249 g/mol. The SMILES string of the molecule is CCNC(c1ccnn1C)C1CCCCCCC1. The minimum absolute atomic E-state index is 0.487. The quantitative estimate of drug-likeness (QED) is 0.886. The van der Waals surface area contributed by atoms with E-state index >= 15 is 0 Å². The Morgan fingerprint density at radius 2 is 1.94 bits per heavy atom. The monoisotopic (exact) mass is 249 g/mol. The molecular formula is C15H27N3. The molecule has 3 nitrogen and oxygen atoms in total. The summed E-state index contributed by atoms with van der Waals surface area (Å²) in [6, 6.07) is 2.66. The van der Waals surface area contributed by atoms with Crippen LogP contribution in [0, 0.1) is 5.92 Å². The molecule has 102 valence electrons. The molecule has 1 aromatic rings. The number of hydrogen-bond acceptors (Lipinski definition) is 2. The van der Waals surface area contributed by atoms with Crippen LogP contribution in [0.2, 0.25) is 0 Å². The van der Waals surface area contributed by atoms with E-state index in [0.717, 1.165) is 12.5 Å². The molecule has 1 saturated carbocycles. The van der Waals surface area contributed by atoms with Gasteiger partial charge in [0.1, 0.15) is 0 Å². The molecule has 0 radical (unpaired) electrons. The summed E-state index contributed by atoms with van der Waals surface area (Å²) in [5.41, 5.74) is 1.35. The second-order valence-electron chi connectivity index (χ2n) is 5.52. The van der Waals surface area contributed by atoms with Crippen molar-refractivity contribution in [3.63, 3.8) is 0 Å². The lowest BCUT2D eigenvalue weighted by atomic mass is 9.84. The van der Waals surface area contributed by atoms with E-state index in [-0.39, 0.29) is 0 Å². The van der Waals surface area contributed by atoms with Crippen molar-refractivity contribution in [2.24, 2.45) is 13.0 Å². The predicted molar refractivity (Wildman–Crippen MR) is 75.4 cm³/mol. The summed E-state index contributed by atoms with van der Waals surface area (Å²) >= 11 is 0. The molecule has 1 unspecified atom stereocenters. The molecule has 1 heterocycles. The first kappa shape index (κ1) is 13.6. The van der Waals surface area contributed by atoms with Gasteiger partial charge in [-0.05, 0) is 31.4 Å². The molecule has 2 rings (SSSR count). The Kier molecular flexibility index (Phi) is 5.24. The molecular weight excluding hydrogens is 222 g/mol. The van der Waals surface area contributed by atoms with Gasteiger partial charge in [-0.3, -0.25) is 4.68 Å². The van der Waals surface area contributed by atoms with Crippen LogP contribution in [0.5, 0.6) is 0 Å². The van der Waals surface area contributed by atoms with E-state index in [9.17, 15) is 0 Å². The predicted octanol–water partition coefficient (Wildman–Crippen LogP) is 3.43. The van der Waals surface area contributed by atoms with Crippen LogP contribution in [0.15, 0.2) is 12.3 Å². The number of nitrogens with one attached hydrogen (secondary N) is 1. The fraction of sp³-hybridized carbons (Fsp3) is 0.800. The molecule has 0 bridgehead atoms. The van der Waals surface area contributed by atoms with Gasteiger partial charge in [0.25, 0.3) is 0 Å². The van der Waals surface area contributed by atoms with Crippen LogP contribution in [0.3, 0.4) is 0 Å². The lowest BCUT2D eigenvalue weighted by molar-refractivity contribution is 0.282. The van der Waals surface area contributed by atoms with Gasteiger partial charge in [-0.25, -0.2) is 0 Å². The van der Waals surface area contributed by atoms with Crippen LogP contribution in [-0.2, 0) is 7.05 Å². The zero-order valence-electron chi connectivity index (χ0n) is 11.9. The maximum absolute atomic E-state index is 4.33. The molecule has 1 aliphatic carbocycles. The van der Waals surface area contributed by atoms with Gasteiger partial charge in [-0.2, -0.15) is 5.10 Å². The van der Waals surface area contributed by atoms with Crippen molar-refractivity contribution >= 4 is 0 Å². The van der Waals surface area contributed by atoms with E-state index in [1.54, 1.807) is 0 Å². The highest BCUT2D eigenvalue weighted by molar-refractivity contribution is 5.08. The highest BCUT2D eigenvalue weighted by atomic mass is 15.3. The van der Waals surface area contributed by atoms with Crippen molar-refractivity contribution in [1.82, 2.24) is 15.1 Å². The maximum Gasteiger partial charge on any atom is 0.0553 e. The Bertz CT molecular complexity index is 337. The van der Waals surface area contributed by atoms with E-state index < -0.39 is 0 Å². The van der Waals surface area contributed by atoms with Crippen molar-refractivity contribution in [2.45, 2.75) is 57.9 Å². The van der Waals surface area contributed by atoms with Crippen LogP contribution in [-0.4, -0.2) is 16.3 Å². The van der Waals surface area contributed by atoms with Crippen molar-refractivity contribution in [3.8, 4) is 0 Å². The number of nitrogens with zero attached hydrogens (tertiary/aromatic N) is 2. The molecule has 18 heavy (non-hydrogen) atoms. The van der Waals surface area contributed by atoms with Crippen LogP contribution < -0.4 is 5.32 Å². The van der Waals surface area contributed by atoms with Gasteiger partial charge in [0.2, 0.25) is 0 Å². The first-order chi connectivity index (χ1) is 8.83. The number of hydrogen-bond donors (Lipinski definition) is 1. The van der Waals surface area contributed by atoms with Gasteiger partial charge in [0.15, 0.2) is 0 Å². The standard InChI is InChI=1S/C15H27N3/c1-3-16-15(14-11-12-17-18(14)2)13-9-7-5-4-6-8-10-13/h11-13,15-16H,3-10H2,1-2H3. The summed E-state index contributed by atoms with van der Waals surface area (Å²) in [6.07, 6.45) is 11.7. The third kappa shape index (κ3) is 3.35. The fourth-order valence-corrected chi connectivity index (χ4v) is 3.24. The molecule has 0 spiro atoms. The van der Waals surface area contributed by atoms with Crippen molar-refractivity contribution in [1.29, 1.82) is 0 Å². The van der Waals surface area contributed by atoms with Gasteiger partial charge >= 0.3 is 0 Å². The van der Waals surface area contributed by atoms with Gasteiger partial charge < -0.3 is 5.32 Å². The van der Waals surface area contributed by atoms with E-state index in [1.807, 2.05) is 10.9 Å². The Morgan fingerprint density at radius 1 is 1.28 bits per heavy atom. The van der Waals surface area contributed by atoms with Crippen molar-refractivity contribution < 1.29 is 0 Å². The molecule has 0 amide bonds. The highest BCUT2D eigenvalue weighted by Crippen LogP contribution is 2.32. The van der Waals surface area contributed by atoms with Gasteiger partial charge in [-0.1, -0.05) is 39.0 Å². The number of rotatable bonds is 4. The molecule has 1 aromatic heterocycles. The van der Waals surface area contributed by atoms with Crippen molar-refractivity contribution in [3.05, 3.63) is 18.0 Å². The lowest BCUT2D eigenvalue weighted by Crippen LogP contribution is -2.30. The zero-order chi connectivity index (χ0) is 12.8. The normalized spacial score (nSPS) is 20.3. The first-order valence-corrected chi connectivity index (χ1v) is 7.54. The summed E-state index contributed by atoms with van der Waals surface area (Å²) in [5, 5.41) is 8.02. The summed E-state index contributed by atoms with van der Waals surface area (Å²) in [5.74, 6) is 0.778. The average Bonchev–Trinajstić information content (AvgIpc) is 2.73. The van der Waals surface area contributed by atoms with Crippen LogP contribution in [0.4, 0.5) is 0 Å². The second kappa shape index (κ2) is 6.93. The minimum Gasteiger partial charge on any atom is -0.309 e. The lowest BCUT2D eigenvalue weighted by Gasteiger charge is -2.29. The topological polar surface area (TPSA) is 29.9 Å². The zero-order valence-corrected chi connectivity index (χ0v) is 11.9. The Balaban J connectivity index is 2.10. The van der Waals surface area contributed by atoms with E-state index in [0.29, 0.717) is 6.04 Å². The molecule has 0 saturated heterocycles. The van der Waals surface area contributed by atoms with E-state index in [2.05, 4.69) is 30.5 Å². The van der Waals surface area contributed by atoms with Crippen LogP contribution >= 0.6 is 0 Å². The number of aromatic nitrogens is 2. The van der Waals surface area contributed by atoms with Gasteiger partial charge in [0.05, 0.1) is 11.7 Å². The highest BCUT2D eigenvalue weighted by Gasteiger charge is 2.24. The Labute approximate surface area is 111 Å². The molecule has 1 fully saturated rings. The van der Waals surface area contributed by atoms with E-state index in [1.165, 1.54) is 50.6 Å². The summed E-state index contributed by atoms with van der Waals surface area (Å²) < 4.78 is 2.03. The summed E-state index contributed by atoms with van der Waals surface area (Å²) in [7, 11) is 2.06. The molecule has 0 aliphatic heterocycles. The van der Waals surface area contributed by atoms with Crippen LogP contribution in [0.25, 0.3) is 0 Å². The number of aryl methyl sites for hydroxylation is 1. The van der Waals surface area contributed by atoms with Crippen LogP contribution in [0.1, 0.15) is 63.6 Å². The third-order valence-electron chi connectivity index (χ3n) is 4.22. The first-order valence-electron chi connectivity index (χ1n) is 7.54. The summed E-state index contributed by atoms with van der Waals surface area (Å²) in [4.78, 5) is 0. The summed E-state index contributed by atoms with van der Waals surface area (Å²) in [6.45, 7) is 3.23. The smallest absolute Gasteiger partial charge is 0.0553 e. The van der Waals surface area contributed by atoms with E-state index in [4.69, 9.17) is 0 Å². The Hall–Kier alpha value is -0.830. The Morgan fingerprint density at radius 3 is 2.50 bits per heavy atom. The van der Waals surface area contributed by atoms with Crippen molar-refractivity contribution in [2.75, 3.05) is 6.54 Å². The third-order valence-corrected chi connectivity index (χ3v) is 4.22.